The minimum atomic E-state index is -1.96. The van der Waals surface area contributed by atoms with Gasteiger partial charge in [0.05, 0.1) is 53.8 Å². The normalized spacial score (nSPS) is 29.1. The lowest BCUT2D eigenvalue weighted by atomic mass is 9.99. The first-order valence-corrected chi connectivity index (χ1v) is 14.2. The number of aliphatic hydroxyl groups excluding tert-OH is 5. The molecule has 8 atom stereocenters. The molecule has 0 saturated carbocycles. The van der Waals surface area contributed by atoms with Crippen molar-refractivity contribution in [3.63, 3.8) is 0 Å². The van der Waals surface area contributed by atoms with Crippen LogP contribution in [0.1, 0.15) is 0 Å². The molecule has 0 aliphatic carbocycles. The molecule has 0 spiro atoms. The van der Waals surface area contributed by atoms with Gasteiger partial charge in [-0.1, -0.05) is 0 Å². The Balaban J connectivity index is 1.46. The van der Waals surface area contributed by atoms with Crippen LogP contribution in [0.15, 0.2) is 33.7 Å². The molecular formula is C30H36O17. The Bertz CT molecular complexity index is 1640. The lowest BCUT2D eigenvalue weighted by Crippen LogP contribution is -2.60. The molecule has 2 aromatic carbocycles. The smallest absolute Gasteiger partial charge is 0.229 e. The van der Waals surface area contributed by atoms with E-state index in [0.29, 0.717) is 0 Å². The lowest BCUT2D eigenvalue weighted by molar-refractivity contribution is -0.289. The van der Waals surface area contributed by atoms with E-state index >= 15 is 0 Å². The summed E-state index contributed by atoms with van der Waals surface area (Å²) in [5.74, 6) is -0.232. The first-order chi connectivity index (χ1) is 22.4. The number of phenolic OH excluding ortho intramolecular Hbond substituents is 1. The summed E-state index contributed by atoms with van der Waals surface area (Å²) in [5, 5.41) is 72.2. The van der Waals surface area contributed by atoms with Gasteiger partial charge in [0.2, 0.25) is 17.5 Å². The molecule has 258 valence electrons. The maximum Gasteiger partial charge on any atom is 0.229 e. The second-order valence-corrected chi connectivity index (χ2v) is 10.9. The third-order valence-corrected chi connectivity index (χ3v) is 8.06. The number of aliphatic hydroxyl groups is 6. The first-order valence-electron chi connectivity index (χ1n) is 14.2. The van der Waals surface area contributed by atoms with Crippen molar-refractivity contribution in [1.82, 2.24) is 0 Å². The van der Waals surface area contributed by atoms with E-state index in [4.69, 9.17) is 42.3 Å². The van der Waals surface area contributed by atoms with Crippen LogP contribution in [0.25, 0.3) is 22.1 Å². The van der Waals surface area contributed by atoms with Crippen molar-refractivity contribution in [2.45, 2.75) is 48.7 Å². The largest absolute Gasteiger partial charge is 0.507 e. The minimum absolute atomic E-state index is 0.0512. The van der Waals surface area contributed by atoms with Gasteiger partial charge >= 0.3 is 0 Å². The summed E-state index contributed by atoms with van der Waals surface area (Å²) < 4.78 is 49.5. The first kappa shape index (κ1) is 34.4. The molecule has 5 rings (SSSR count). The summed E-state index contributed by atoms with van der Waals surface area (Å²) in [6.45, 7) is -1.73. The standard InChI is InChI=1S/C30H36O17/c1-39-15-5-12(14(32)6-16(15)40-2)13-8-43-17-7-18(25(41-3)26(42-4)20(17)21(13)33)46-28-24(36)23(35)22(34)19(47-28)9-44-29-27(37)30(38,10-31)11-45-29/h5-8,19,22-24,27-29,31-32,34-38H,9-11H2,1-4H3/t19-,22-,23+,24-,27+,28-,29-,30-/m1/s1. The number of aromatic hydroxyl groups is 1. The predicted molar refractivity (Wildman–Crippen MR) is 157 cm³/mol. The Labute approximate surface area is 266 Å². The maximum atomic E-state index is 13.8. The highest BCUT2D eigenvalue weighted by Gasteiger charge is 2.50. The summed E-state index contributed by atoms with van der Waals surface area (Å²) in [5.41, 5.74) is -2.60. The Morgan fingerprint density at radius 2 is 1.53 bits per heavy atom. The Hall–Kier alpha value is -3.91. The average Bonchev–Trinajstić information content (AvgIpc) is 3.36. The zero-order chi connectivity index (χ0) is 34.2. The molecule has 0 unspecified atom stereocenters. The fourth-order valence-corrected chi connectivity index (χ4v) is 5.36. The van der Waals surface area contributed by atoms with Crippen LogP contribution in [0.2, 0.25) is 0 Å². The topological polar surface area (TPSA) is 246 Å². The molecular weight excluding hydrogens is 632 g/mol. The number of phenols is 1. The van der Waals surface area contributed by atoms with Crippen molar-refractivity contribution in [3.05, 3.63) is 34.7 Å². The molecule has 2 aliphatic rings. The summed E-state index contributed by atoms with van der Waals surface area (Å²) in [6, 6.07) is 3.94. The van der Waals surface area contributed by atoms with Gasteiger partial charge in [0.25, 0.3) is 0 Å². The van der Waals surface area contributed by atoms with Crippen LogP contribution in [0, 0.1) is 0 Å². The summed E-state index contributed by atoms with van der Waals surface area (Å²) in [6.07, 6.45) is -10.2. The third-order valence-electron chi connectivity index (χ3n) is 8.06. The lowest BCUT2D eigenvalue weighted by Gasteiger charge is -2.40. The summed E-state index contributed by atoms with van der Waals surface area (Å²) >= 11 is 0. The maximum absolute atomic E-state index is 13.8. The van der Waals surface area contributed by atoms with Crippen LogP contribution in [0.4, 0.5) is 0 Å². The van der Waals surface area contributed by atoms with Crippen LogP contribution < -0.4 is 29.1 Å². The zero-order valence-corrected chi connectivity index (χ0v) is 25.7. The quantitative estimate of drug-likeness (QED) is 0.127. The van der Waals surface area contributed by atoms with Crippen molar-refractivity contribution in [2.75, 3.05) is 48.3 Å². The predicted octanol–water partition coefficient (Wildman–Crippen LogP) is -1.16. The van der Waals surface area contributed by atoms with Crippen molar-refractivity contribution in [1.29, 1.82) is 0 Å². The zero-order valence-electron chi connectivity index (χ0n) is 25.7. The molecule has 7 N–H and O–H groups in total. The highest BCUT2D eigenvalue weighted by molar-refractivity contribution is 5.92. The van der Waals surface area contributed by atoms with Gasteiger partial charge in [0.15, 0.2) is 29.3 Å². The molecule has 1 aromatic heterocycles. The average molecular weight is 669 g/mol. The molecule has 3 heterocycles. The molecule has 17 heteroatoms. The molecule has 0 radical (unpaired) electrons. The van der Waals surface area contributed by atoms with E-state index in [1.54, 1.807) is 0 Å². The molecule has 0 amide bonds. The molecule has 47 heavy (non-hydrogen) atoms. The van der Waals surface area contributed by atoms with Crippen LogP contribution in [0.5, 0.6) is 34.5 Å². The van der Waals surface area contributed by atoms with Crippen LogP contribution in [-0.4, -0.2) is 133 Å². The van der Waals surface area contributed by atoms with Gasteiger partial charge in [-0.3, -0.25) is 4.79 Å². The van der Waals surface area contributed by atoms with E-state index in [0.717, 1.165) is 6.26 Å². The SMILES string of the molecule is COc1cc(O)c(-c2coc3cc(O[C@@H]4O[C@H](CO[C@@H]5OC[C@](O)(CO)[C@H]5O)[C@@H](O)[C@H](O)[C@H]4O)c(OC)c(OC)c3c2=O)cc1OC. The highest BCUT2D eigenvalue weighted by atomic mass is 16.7. The summed E-state index contributed by atoms with van der Waals surface area (Å²) in [4.78, 5) is 13.8. The molecule has 17 nitrogen and oxygen atoms in total. The Kier molecular flexibility index (Phi) is 10.0. The van der Waals surface area contributed by atoms with Crippen LogP contribution in [-0.2, 0) is 14.2 Å². The van der Waals surface area contributed by atoms with Gasteiger partial charge in [0.1, 0.15) is 59.1 Å². The number of hydrogen-bond acceptors (Lipinski definition) is 17. The van der Waals surface area contributed by atoms with E-state index in [1.165, 1.54) is 46.6 Å². The van der Waals surface area contributed by atoms with E-state index in [1.807, 2.05) is 0 Å². The molecule has 2 fully saturated rings. The monoisotopic (exact) mass is 668 g/mol. The number of benzene rings is 2. The fourth-order valence-electron chi connectivity index (χ4n) is 5.36. The van der Waals surface area contributed by atoms with Gasteiger partial charge in [-0.2, -0.15) is 0 Å². The number of fused-ring (bicyclic) bond motifs is 1. The summed E-state index contributed by atoms with van der Waals surface area (Å²) in [7, 11) is 5.31. The Morgan fingerprint density at radius 3 is 2.15 bits per heavy atom. The number of ether oxygens (including phenoxy) is 8. The van der Waals surface area contributed by atoms with E-state index < -0.39 is 74.0 Å². The Morgan fingerprint density at radius 1 is 0.851 bits per heavy atom. The van der Waals surface area contributed by atoms with Crippen LogP contribution >= 0.6 is 0 Å². The van der Waals surface area contributed by atoms with Crippen molar-refractivity contribution >= 4 is 11.0 Å². The van der Waals surface area contributed by atoms with Gasteiger partial charge in [0, 0.05) is 17.7 Å². The highest BCUT2D eigenvalue weighted by Crippen LogP contribution is 2.45. The van der Waals surface area contributed by atoms with Crippen molar-refractivity contribution in [2.24, 2.45) is 0 Å². The fraction of sp³-hybridized carbons (Fsp3) is 0.500. The second-order valence-electron chi connectivity index (χ2n) is 10.9. The second kappa shape index (κ2) is 13.7. The van der Waals surface area contributed by atoms with E-state index in [2.05, 4.69) is 0 Å². The third kappa shape index (κ3) is 6.13. The van der Waals surface area contributed by atoms with Gasteiger partial charge < -0.3 is 78.1 Å². The van der Waals surface area contributed by atoms with Crippen molar-refractivity contribution < 1.29 is 78.1 Å². The number of rotatable bonds is 11. The van der Waals surface area contributed by atoms with Gasteiger partial charge in [-0.15, -0.1) is 0 Å². The molecule has 2 saturated heterocycles. The molecule has 2 aliphatic heterocycles. The van der Waals surface area contributed by atoms with Gasteiger partial charge in [-0.05, 0) is 6.07 Å². The van der Waals surface area contributed by atoms with E-state index in [-0.39, 0.29) is 56.6 Å². The molecule has 0 bridgehead atoms. The number of methoxy groups -OCH3 is 4. The van der Waals surface area contributed by atoms with E-state index in [9.17, 15) is 40.5 Å². The van der Waals surface area contributed by atoms with Crippen molar-refractivity contribution in [3.8, 4) is 45.6 Å². The van der Waals surface area contributed by atoms with Crippen LogP contribution in [0.3, 0.4) is 0 Å². The van der Waals surface area contributed by atoms with Gasteiger partial charge in [-0.25, -0.2) is 0 Å². The minimum Gasteiger partial charge on any atom is -0.507 e. The number of hydrogen-bond donors (Lipinski definition) is 7. The molecule has 3 aromatic rings.